The summed E-state index contributed by atoms with van der Waals surface area (Å²) in [5.41, 5.74) is 1.18. The number of aliphatic hydroxyl groups is 1. The van der Waals surface area contributed by atoms with Gasteiger partial charge in [-0.05, 0) is 81.4 Å². The van der Waals surface area contributed by atoms with E-state index in [1.807, 2.05) is 19.1 Å². The largest absolute Gasteiger partial charge is 0.507 e. The van der Waals surface area contributed by atoms with Crippen LogP contribution in [0.15, 0.2) is 48.0 Å². The van der Waals surface area contributed by atoms with Crippen molar-refractivity contribution in [2.45, 2.75) is 59.4 Å². The van der Waals surface area contributed by atoms with Crippen LogP contribution in [0.2, 0.25) is 0 Å². The summed E-state index contributed by atoms with van der Waals surface area (Å²) in [5.74, 6) is 0.258. The Morgan fingerprint density at radius 2 is 1.65 bits per heavy atom. The molecule has 0 bridgehead atoms. The van der Waals surface area contributed by atoms with Gasteiger partial charge in [0, 0.05) is 12.1 Å². The molecule has 0 radical (unpaired) electrons. The molecule has 3 rings (SSSR count). The van der Waals surface area contributed by atoms with Crippen molar-refractivity contribution in [2.24, 2.45) is 0 Å². The second-order valence-electron chi connectivity index (χ2n) is 9.80. The number of Topliss-reactive ketones (excluding diaryl/α,β-unsaturated/α-hetero) is 1. The number of hydrogen-bond acceptors (Lipinski definition) is 7. The first-order valence-corrected chi connectivity index (χ1v) is 14.4. The third-order valence-electron chi connectivity index (χ3n) is 7.26. The van der Waals surface area contributed by atoms with Gasteiger partial charge in [0.15, 0.2) is 11.5 Å². The van der Waals surface area contributed by atoms with Gasteiger partial charge in [-0.25, -0.2) is 0 Å². The topological polar surface area (TPSA) is 88.5 Å². The quantitative estimate of drug-likeness (QED) is 0.122. The molecular weight excluding hydrogens is 508 g/mol. The number of benzene rings is 2. The molecular formula is C32H44N2O6. The van der Waals surface area contributed by atoms with Crippen molar-refractivity contribution in [3.63, 3.8) is 0 Å². The molecule has 8 heteroatoms. The second-order valence-corrected chi connectivity index (χ2v) is 9.80. The Morgan fingerprint density at radius 3 is 2.27 bits per heavy atom. The highest BCUT2D eigenvalue weighted by atomic mass is 16.5. The molecule has 8 nitrogen and oxygen atoms in total. The molecule has 2 aromatic rings. The lowest BCUT2D eigenvalue weighted by molar-refractivity contribution is -0.140. The third kappa shape index (κ3) is 7.36. The van der Waals surface area contributed by atoms with Crippen molar-refractivity contribution in [3.8, 4) is 17.2 Å². The van der Waals surface area contributed by atoms with Crippen molar-refractivity contribution in [1.82, 2.24) is 9.80 Å². The van der Waals surface area contributed by atoms with E-state index < -0.39 is 17.7 Å². The molecule has 1 N–H and O–H groups in total. The minimum Gasteiger partial charge on any atom is -0.507 e. The second kappa shape index (κ2) is 15.3. The van der Waals surface area contributed by atoms with Crippen LogP contribution in [0.1, 0.15) is 70.5 Å². The van der Waals surface area contributed by atoms with Gasteiger partial charge in [0.2, 0.25) is 0 Å². The highest BCUT2D eigenvalue weighted by Crippen LogP contribution is 2.42. The van der Waals surface area contributed by atoms with Gasteiger partial charge < -0.3 is 29.1 Å². The van der Waals surface area contributed by atoms with Gasteiger partial charge in [0.1, 0.15) is 11.5 Å². The molecule has 1 heterocycles. The Morgan fingerprint density at radius 1 is 0.925 bits per heavy atom. The molecule has 0 saturated carbocycles. The van der Waals surface area contributed by atoms with Crippen molar-refractivity contribution in [1.29, 1.82) is 0 Å². The summed E-state index contributed by atoms with van der Waals surface area (Å²) in [6.07, 6.45) is 3.81. The summed E-state index contributed by atoms with van der Waals surface area (Å²) in [4.78, 5) is 30.6. The maximum absolute atomic E-state index is 13.4. The average Bonchev–Trinajstić information content (AvgIpc) is 3.22. The predicted molar refractivity (Wildman–Crippen MR) is 157 cm³/mol. The number of carbonyl (C=O) groups excluding carboxylic acids is 2. The van der Waals surface area contributed by atoms with Crippen LogP contribution in [-0.4, -0.2) is 73.1 Å². The van der Waals surface area contributed by atoms with E-state index in [2.05, 4.69) is 25.7 Å². The van der Waals surface area contributed by atoms with E-state index in [4.69, 9.17) is 14.2 Å². The summed E-state index contributed by atoms with van der Waals surface area (Å²) in [6, 6.07) is 11.6. The Kier molecular flexibility index (Phi) is 11.9. The van der Waals surface area contributed by atoms with E-state index in [9.17, 15) is 14.7 Å². The first-order chi connectivity index (χ1) is 19.4. The number of ketones is 1. The highest BCUT2D eigenvalue weighted by molar-refractivity contribution is 6.46. The van der Waals surface area contributed by atoms with Gasteiger partial charge in [-0.3, -0.25) is 9.59 Å². The number of aliphatic hydroxyl groups excluding tert-OH is 1. The molecule has 1 fully saturated rings. The SMILES string of the molecule is CCCCCOc1ccc(C2/C(=C(\O)c3ccc(OCC)cc3)C(=O)C(=O)N2CCCN(CC)CC)cc1OC. The van der Waals surface area contributed by atoms with Gasteiger partial charge in [-0.15, -0.1) is 0 Å². The monoisotopic (exact) mass is 552 g/mol. The van der Waals surface area contributed by atoms with Crippen molar-refractivity contribution in [2.75, 3.05) is 46.5 Å². The first kappa shape index (κ1) is 31.0. The van der Waals surface area contributed by atoms with Gasteiger partial charge >= 0.3 is 0 Å². The van der Waals surface area contributed by atoms with E-state index in [0.29, 0.717) is 54.6 Å². The molecule has 1 aliphatic heterocycles. The molecule has 0 spiro atoms. The van der Waals surface area contributed by atoms with Gasteiger partial charge in [-0.1, -0.05) is 39.7 Å². The average molecular weight is 553 g/mol. The summed E-state index contributed by atoms with van der Waals surface area (Å²) in [7, 11) is 1.57. The van der Waals surface area contributed by atoms with E-state index in [1.165, 1.54) is 0 Å². The van der Waals surface area contributed by atoms with Gasteiger partial charge in [-0.2, -0.15) is 0 Å². The van der Waals surface area contributed by atoms with Gasteiger partial charge in [0.25, 0.3) is 11.7 Å². The normalized spacial score (nSPS) is 16.6. The van der Waals surface area contributed by atoms with Crippen LogP contribution in [0.5, 0.6) is 17.2 Å². The Hall–Kier alpha value is -3.52. The van der Waals surface area contributed by atoms with Crippen LogP contribution in [0.25, 0.3) is 5.76 Å². The number of ether oxygens (including phenoxy) is 3. The zero-order valence-electron chi connectivity index (χ0n) is 24.6. The molecule has 40 heavy (non-hydrogen) atoms. The number of methoxy groups -OCH3 is 1. The number of nitrogens with zero attached hydrogens (tertiary/aromatic N) is 2. The Balaban J connectivity index is 2.02. The lowest BCUT2D eigenvalue weighted by Gasteiger charge is -2.27. The van der Waals surface area contributed by atoms with Crippen molar-refractivity contribution < 1.29 is 28.9 Å². The van der Waals surface area contributed by atoms with Crippen LogP contribution in [-0.2, 0) is 9.59 Å². The summed E-state index contributed by atoms with van der Waals surface area (Å²) in [5, 5.41) is 11.4. The van der Waals surface area contributed by atoms with Crippen molar-refractivity contribution in [3.05, 3.63) is 59.2 Å². The summed E-state index contributed by atoms with van der Waals surface area (Å²) >= 11 is 0. The van der Waals surface area contributed by atoms with E-state index in [1.54, 1.807) is 42.3 Å². The fourth-order valence-corrected chi connectivity index (χ4v) is 5.00. The number of rotatable bonds is 16. The first-order valence-electron chi connectivity index (χ1n) is 14.4. The molecule has 0 aliphatic carbocycles. The molecule has 1 aliphatic rings. The van der Waals surface area contributed by atoms with E-state index in [0.717, 1.165) is 38.9 Å². The molecule has 1 amide bonds. The lowest BCUT2D eigenvalue weighted by Crippen LogP contribution is -2.33. The number of likely N-dealkylation sites (tertiary alicyclic amines) is 1. The Labute approximate surface area is 238 Å². The maximum Gasteiger partial charge on any atom is 0.295 e. The highest BCUT2D eigenvalue weighted by Gasteiger charge is 2.46. The standard InChI is InChI=1S/C32H44N2O6/c1-6-10-11-21-40-26-18-15-24(22-27(26)38-5)29-28(30(35)23-13-16-25(17-14-23)39-9-4)31(36)32(37)34(29)20-12-19-33(7-2)8-3/h13-18,22,29,35H,6-12,19-21H2,1-5H3/b30-28+. The van der Waals surface area contributed by atoms with Crippen LogP contribution in [0.4, 0.5) is 0 Å². The van der Waals surface area contributed by atoms with Crippen LogP contribution in [0, 0.1) is 0 Å². The van der Waals surface area contributed by atoms with Crippen molar-refractivity contribution >= 4 is 17.4 Å². The maximum atomic E-state index is 13.4. The summed E-state index contributed by atoms with van der Waals surface area (Å²) in [6.45, 7) is 12.3. The lowest BCUT2D eigenvalue weighted by atomic mass is 9.95. The van der Waals surface area contributed by atoms with Crippen LogP contribution >= 0.6 is 0 Å². The zero-order chi connectivity index (χ0) is 29.1. The molecule has 1 atom stereocenters. The molecule has 2 aromatic carbocycles. The Bertz CT molecular complexity index is 1160. The number of hydrogen-bond donors (Lipinski definition) is 1. The summed E-state index contributed by atoms with van der Waals surface area (Å²) < 4.78 is 17.1. The van der Waals surface area contributed by atoms with E-state index in [-0.39, 0.29) is 11.3 Å². The predicted octanol–water partition coefficient (Wildman–Crippen LogP) is 5.82. The fraction of sp³-hybridized carbons (Fsp3) is 0.500. The zero-order valence-corrected chi connectivity index (χ0v) is 24.6. The molecule has 0 aromatic heterocycles. The smallest absolute Gasteiger partial charge is 0.295 e. The number of carbonyl (C=O) groups is 2. The van der Waals surface area contributed by atoms with Crippen LogP contribution in [0.3, 0.4) is 0 Å². The van der Waals surface area contributed by atoms with E-state index >= 15 is 0 Å². The number of amides is 1. The molecule has 218 valence electrons. The fourth-order valence-electron chi connectivity index (χ4n) is 5.00. The molecule has 1 unspecified atom stereocenters. The molecule has 1 saturated heterocycles. The number of unbranched alkanes of at least 4 members (excludes halogenated alkanes) is 2. The van der Waals surface area contributed by atoms with Gasteiger partial charge in [0.05, 0.1) is 31.9 Å². The minimum absolute atomic E-state index is 0.0654. The van der Waals surface area contributed by atoms with Crippen LogP contribution < -0.4 is 14.2 Å². The third-order valence-corrected chi connectivity index (χ3v) is 7.26. The minimum atomic E-state index is -0.758.